The smallest absolute Gasteiger partial charge is 0.251 e. The first-order valence-electron chi connectivity index (χ1n) is 7.66. The molecule has 2 aromatic rings. The Morgan fingerprint density at radius 2 is 2.13 bits per heavy atom. The van der Waals surface area contributed by atoms with E-state index in [0.717, 1.165) is 18.8 Å². The second kappa shape index (κ2) is 7.51. The van der Waals surface area contributed by atoms with Crippen molar-refractivity contribution in [2.45, 2.75) is 18.9 Å². The van der Waals surface area contributed by atoms with Gasteiger partial charge in [-0.2, -0.15) is 0 Å². The topological polar surface area (TPSA) is 45.5 Å². The third-order valence-corrected chi connectivity index (χ3v) is 5.30. The summed E-state index contributed by atoms with van der Waals surface area (Å²) in [5.41, 5.74) is 0.584. The number of carbonyl (C=O) groups excluding carboxylic acids is 1. The summed E-state index contributed by atoms with van der Waals surface area (Å²) in [4.78, 5) is 14.7. The fourth-order valence-corrected chi connectivity index (χ4v) is 3.37. The Morgan fingerprint density at radius 1 is 1.35 bits per heavy atom. The summed E-state index contributed by atoms with van der Waals surface area (Å²) in [7, 11) is 0. The summed E-state index contributed by atoms with van der Waals surface area (Å²) in [5, 5.41) is 3.60. The number of nitrogens with zero attached hydrogens (tertiary/aromatic N) is 1. The van der Waals surface area contributed by atoms with Crippen LogP contribution < -0.4 is 5.32 Å². The molecule has 0 radical (unpaired) electrons. The van der Waals surface area contributed by atoms with Crippen molar-refractivity contribution >= 4 is 33.4 Å². The summed E-state index contributed by atoms with van der Waals surface area (Å²) < 4.78 is 6.28. The highest BCUT2D eigenvalue weighted by molar-refractivity contribution is 9.10. The molecule has 0 bridgehead atoms. The van der Waals surface area contributed by atoms with Crippen molar-refractivity contribution in [3.63, 3.8) is 0 Å². The van der Waals surface area contributed by atoms with Crippen LogP contribution in [0, 0.1) is 0 Å². The number of rotatable bonds is 5. The van der Waals surface area contributed by atoms with E-state index in [9.17, 15) is 4.79 Å². The van der Waals surface area contributed by atoms with E-state index in [1.165, 1.54) is 12.8 Å². The molecular formula is C17H18BrClN2O2. The Hall–Kier alpha value is -1.30. The molecule has 1 aliphatic rings. The first kappa shape index (κ1) is 16.6. The quantitative estimate of drug-likeness (QED) is 0.820. The van der Waals surface area contributed by atoms with E-state index in [2.05, 4.69) is 26.1 Å². The molecule has 1 atom stereocenters. The van der Waals surface area contributed by atoms with Crippen molar-refractivity contribution in [2.75, 3.05) is 19.6 Å². The fraction of sp³-hybridized carbons (Fsp3) is 0.353. The van der Waals surface area contributed by atoms with Crippen LogP contribution in [0.2, 0.25) is 5.02 Å². The number of benzene rings is 1. The van der Waals surface area contributed by atoms with Crippen LogP contribution in [-0.2, 0) is 0 Å². The summed E-state index contributed by atoms with van der Waals surface area (Å²) in [6.45, 7) is 2.59. The third kappa shape index (κ3) is 3.97. The molecule has 6 heteroatoms. The zero-order valence-electron chi connectivity index (χ0n) is 12.6. The van der Waals surface area contributed by atoms with E-state index >= 15 is 0 Å². The van der Waals surface area contributed by atoms with Gasteiger partial charge in [0.05, 0.1) is 17.3 Å². The molecular weight excluding hydrogens is 380 g/mol. The largest absolute Gasteiger partial charge is 0.468 e. The fourth-order valence-electron chi connectivity index (χ4n) is 2.87. The van der Waals surface area contributed by atoms with Crippen molar-refractivity contribution < 1.29 is 9.21 Å². The Kier molecular flexibility index (Phi) is 5.41. The van der Waals surface area contributed by atoms with Crippen LogP contribution in [0.5, 0.6) is 0 Å². The molecule has 1 aromatic carbocycles. The normalized spacial score (nSPS) is 16.4. The molecule has 0 aliphatic carbocycles. The molecule has 122 valence electrons. The summed E-state index contributed by atoms with van der Waals surface area (Å²) in [6, 6.07) is 9.10. The predicted octanol–water partition coefficient (Wildman–Crippen LogP) is 4.26. The predicted molar refractivity (Wildman–Crippen MR) is 93.7 cm³/mol. The summed E-state index contributed by atoms with van der Waals surface area (Å²) in [5.74, 6) is 0.780. The van der Waals surface area contributed by atoms with Gasteiger partial charge >= 0.3 is 0 Å². The Balaban J connectivity index is 1.68. The number of nitrogens with one attached hydrogen (secondary N) is 1. The zero-order chi connectivity index (χ0) is 16.2. The first-order valence-corrected chi connectivity index (χ1v) is 8.83. The van der Waals surface area contributed by atoms with E-state index in [-0.39, 0.29) is 11.9 Å². The van der Waals surface area contributed by atoms with E-state index in [0.29, 0.717) is 21.6 Å². The molecule has 1 N–H and O–H groups in total. The zero-order valence-corrected chi connectivity index (χ0v) is 14.9. The number of carbonyl (C=O) groups is 1. The van der Waals surface area contributed by atoms with E-state index in [4.69, 9.17) is 16.0 Å². The van der Waals surface area contributed by atoms with E-state index in [1.807, 2.05) is 12.1 Å². The van der Waals surface area contributed by atoms with Crippen molar-refractivity contribution in [3.05, 3.63) is 57.4 Å². The molecule has 1 aromatic heterocycles. The van der Waals surface area contributed by atoms with Crippen LogP contribution >= 0.6 is 27.5 Å². The lowest BCUT2D eigenvalue weighted by molar-refractivity contribution is 0.0933. The van der Waals surface area contributed by atoms with Gasteiger partial charge in [-0.05, 0) is 72.2 Å². The van der Waals surface area contributed by atoms with Crippen LogP contribution in [0.15, 0.2) is 45.5 Å². The van der Waals surface area contributed by atoms with Crippen molar-refractivity contribution in [1.29, 1.82) is 0 Å². The molecule has 0 saturated carbocycles. The molecule has 1 saturated heterocycles. The SMILES string of the molecule is O=C(NCC(c1ccco1)N1CCCC1)c1ccc(Cl)c(Br)c1. The van der Waals surface area contributed by atoms with Gasteiger partial charge < -0.3 is 9.73 Å². The number of hydrogen-bond donors (Lipinski definition) is 1. The maximum absolute atomic E-state index is 12.4. The first-order chi connectivity index (χ1) is 11.1. The van der Waals surface area contributed by atoms with Crippen LogP contribution in [0.3, 0.4) is 0 Å². The maximum Gasteiger partial charge on any atom is 0.251 e. The minimum Gasteiger partial charge on any atom is -0.468 e. The van der Waals surface area contributed by atoms with Crippen LogP contribution in [0.4, 0.5) is 0 Å². The van der Waals surface area contributed by atoms with Gasteiger partial charge in [0.1, 0.15) is 5.76 Å². The van der Waals surface area contributed by atoms with Crippen molar-refractivity contribution in [2.24, 2.45) is 0 Å². The van der Waals surface area contributed by atoms with Gasteiger partial charge in [0.15, 0.2) is 0 Å². The Labute approximate surface area is 148 Å². The van der Waals surface area contributed by atoms with Gasteiger partial charge in [0.25, 0.3) is 5.91 Å². The van der Waals surface area contributed by atoms with Crippen LogP contribution in [0.25, 0.3) is 0 Å². The van der Waals surface area contributed by atoms with Gasteiger partial charge in [-0.15, -0.1) is 0 Å². The van der Waals surface area contributed by atoms with Crippen molar-refractivity contribution in [1.82, 2.24) is 10.2 Å². The lowest BCUT2D eigenvalue weighted by atomic mass is 10.1. The Morgan fingerprint density at radius 3 is 2.78 bits per heavy atom. The van der Waals surface area contributed by atoms with Gasteiger partial charge in [-0.3, -0.25) is 9.69 Å². The van der Waals surface area contributed by atoms with Crippen molar-refractivity contribution in [3.8, 4) is 0 Å². The highest BCUT2D eigenvalue weighted by Gasteiger charge is 2.26. The molecule has 1 aliphatic heterocycles. The minimum absolute atomic E-state index is 0.0761. The molecule has 0 spiro atoms. The number of amides is 1. The minimum atomic E-state index is -0.113. The molecule has 1 fully saturated rings. The highest BCUT2D eigenvalue weighted by atomic mass is 79.9. The molecule has 4 nitrogen and oxygen atoms in total. The third-order valence-electron chi connectivity index (χ3n) is 4.09. The number of furan rings is 1. The van der Waals surface area contributed by atoms with Crippen LogP contribution in [0.1, 0.15) is 35.0 Å². The molecule has 23 heavy (non-hydrogen) atoms. The molecule has 2 heterocycles. The summed E-state index contributed by atoms with van der Waals surface area (Å²) >= 11 is 9.31. The highest BCUT2D eigenvalue weighted by Crippen LogP contribution is 2.26. The van der Waals surface area contributed by atoms with Gasteiger partial charge in [-0.25, -0.2) is 0 Å². The average Bonchev–Trinajstić information content (AvgIpc) is 3.24. The lowest BCUT2D eigenvalue weighted by Gasteiger charge is -2.26. The van der Waals surface area contributed by atoms with Crippen LogP contribution in [-0.4, -0.2) is 30.4 Å². The number of likely N-dealkylation sites (tertiary alicyclic amines) is 1. The molecule has 1 amide bonds. The molecule has 3 rings (SSSR count). The second-order valence-electron chi connectivity index (χ2n) is 5.61. The standard InChI is InChI=1S/C17H18BrClN2O2/c18-13-10-12(5-6-14(13)19)17(22)20-11-15(16-4-3-9-23-16)21-7-1-2-8-21/h3-6,9-10,15H,1-2,7-8,11H2,(H,20,22). The number of hydrogen-bond acceptors (Lipinski definition) is 3. The number of halogens is 2. The monoisotopic (exact) mass is 396 g/mol. The Bertz CT molecular complexity index is 669. The lowest BCUT2D eigenvalue weighted by Crippen LogP contribution is -2.36. The van der Waals surface area contributed by atoms with E-state index < -0.39 is 0 Å². The maximum atomic E-state index is 12.4. The van der Waals surface area contributed by atoms with E-state index in [1.54, 1.807) is 24.5 Å². The average molecular weight is 398 g/mol. The van der Waals surface area contributed by atoms with Gasteiger partial charge in [0.2, 0.25) is 0 Å². The summed E-state index contributed by atoms with van der Waals surface area (Å²) in [6.07, 6.45) is 4.06. The molecule has 1 unspecified atom stereocenters. The van der Waals surface area contributed by atoms with Gasteiger partial charge in [0, 0.05) is 16.6 Å². The van der Waals surface area contributed by atoms with Gasteiger partial charge in [-0.1, -0.05) is 11.6 Å². The second-order valence-corrected chi connectivity index (χ2v) is 6.87.